The molecule has 1 atom stereocenters. The van der Waals surface area contributed by atoms with Gasteiger partial charge in [-0.25, -0.2) is 16.8 Å². The van der Waals surface area contributed by atoms with E-state index in [1.54, 1.807) is 24.3 Å². The predicted molar refractivity (Wildman–Crippen MR) is 158 cm³/mol. The number of carbonyl (C=O) groups is 3. The van der Waals surface area contributed by atoms with Gasteiger partial charge in [0.15, 0.2) is 20.0 Å². The van der Waals surface area contributed by atoms with Crippen LogP contribution in [-0.2, 0) is 34.3 Å². The second kappa shape index (κ2) is 16.5. The number of rotatable bonds is 13. The summed E-state index contributed by atoms with van der Waals surface area (Å²) in [6.45, 7) is 3.70. The molecule has 0 aromatic heterocycles. The smallest absolute Gasteiger partial charge is 0.479 e. The van der Waals surface area contributed by atoms with Crippen molar-refractivity contribution in [1.29, 1.82) is 0 Å². The fraction of sp³-hybridized carbons (Fsp3) is 0.583. The van der Waals surface area contributed by atoms with Crippen molar-refractivity contribution in [2.75, 3.05) is 47.4 Å². The zero-order chi connectivity index (χ0) is 35.7. The van der Waals surface area contributed by atoms with E-state index in [9.17, 15) is 57.6 Å². The van der Waals surface area contributed by atoms with Crippen molar-refractivity contribution >= 4 is 66.2 Å². The largest absolute Gasteiger partial charge is 0.480 e. The summed E-state index contributed by atoms with van der Waals surface area (Å²) in [5, 5.41) is -0.264. The average Bonchev–Trinajstić information content (AvgIpc) is 3.13. The van der Waals surface area contributed by atoms with Crippen molar-refractivity contribution in [2.24, 2.45) is 0 Å². The lowest BCUT2D eigenvalue weighted by Gasteiger charge is -2.23. The normalized spacial score (nSPS) is 14.7. The van der Waals surface area contributed by atoms with Gasteiger partial charge in [-0.3, -0.25) is 19.3 Å². The van der Waals surface area contributed by atoms with Crippen LogP contribution in [0.3, 0.4) is 0 Å². The van der Waals surface area contributed by atoms with Crippen LogP contribution >= 0.6 is 24.0 Å². The third-order valence-electron chi connectivity index (χ3n) is 5.48. The molecule has 0 saturated carbocycles. The first kappa shape index (κ1) is 41.5. The molecule has 0 spiro atoms. The SMILES string of the molecule is CCOC(=S)SC(CCC(=O)OCCC[N+](C)(C)C)CN1C(=O)c2ccccc2C1=O.O=S(=O)([N-]S(=O)(=O)C(F)(F)F)C(F)(F)F. The standard InChI is InChI=1S/C22H31N2O5S2.C2F6NO4S2/c1-5-28-22(30)31-16(11-12-19(25)29-14-8-13-24(2,3)4)15-23-20(26)17-9-6-7-10-18(17)21(23)27;3-1(4,5)14(10,11)9-15(12,13)2(6,7)8/h6-7,9-10,16H,5,8,11-15H2,1-4H3;/q+1;-1. The Morgan fingerprint density at radius 2 is 1.43 bits per heavy atom. The summed E-state index contributed by atoms with van der Waals surface area (Å²) in [7, 11) is -7.18. The number of sulfonamides is 2. The van der Waals surface area contributed by atoms with E-state index in [4.69, 9.17) is 21.7 Å². The molecule has 1 unspecified atom stereocenters. The molecule has 0 radical (unpaired) electrons. The summed E-state index contributed by atoms with van der Waals surface area (Å²) in [5.74, 6) is -0.940. The highest BCUT2D eigenvalue weighted by Gasteiger charge is 2.47. The summed E-state index contributed by atoms with van der Waals surface area (Å²) in [6, 6.07) is 6.77. The monoisotopic (exact) mass is 747 g/mol. The lowest BCUT2D eigenvalue weighted by Crippen LogP contribution is -2.36. The molecule has 0 fully saturated rings. The Morgan fingerprint density at radius 1 is 0.957 bits per heavy atom. The lowest BCUT2D eigenvalue weighted by atomic mass is 10.1. The van der Waals surface area contributed by atoms with Crippen LogP contribution in [-0.4, -0.2) is 112 Å². The van der Waals surface area contributed by atoms with E-state index in [0.29, 0.717) is 35.1 Å². The van der Waals surface area contributed by atoms with Crippen molar-refractivity contribution in [3.63, 3.8) is 0 Å². The number of nitrogens with zero attached hydrogens (tertiary/aromatic N) is 3. The number of halogens is 6. The predicted octanol–water partition coefficient (Wildman–Crippen LogP) is 4.18. The summed E-state index contributed by atoms with van der Waals surface area (Å²) < 4.78 is 121. The van der Waals surface area contributed by atoms with Gasteiger partial charge in [-0.15, -0.1) is 0 Å². The molecule has 0 saturated heterocycles. The van der Waals surface area contributed by atoms with Gasteiger partial charge in [0.2, 0.25) is 4.38 Å². The molecule has 12 nitrogen and oxygen atoms in total. The number of fused-ring (bicyclic) bond motifs is 1. The number of quaternary nitrogens is 1. The van der Waals surface area contributed by atoms with Crippen LogP contribution in [0.5, 0.6) is 0 Å². The summed E-state index contributed by atoms with van der Waals surface area (Å²) in [6.07, 6.45) is 1.39. The van der Waals surface area contributed by atoms with Crippen molar-refractivity contribution in [3.05, 3.63) is 39.5 Å². The molecule has 0 bridgehead atoms. The average molecular weight is 748 g/mol. The van der Waals surface area contributed by atoms with Gasteiger partial charge in [0.25, 0.3) is 11.8 Å². The highest BCUT2D eigenvalue weighted by Crippen LogP contribution is 2.36. The second-order valence-corrected chi connectivity index (χ2v) is 15.6. The number of carbonyl (C=O) groups excluding carboxylic acids is 3. The van der Waals surface area contributed by atoms with E-state index < -0.39 is 31.1 Å². The van der Waals surface area contributed by atoms with Crippen molar-refractivity contribution in [1.82, 2.24) is 4.90 Å². The van der Waals surface area contributed by atoms with Crippen LogP contribution in [0.2, 0.25) is 0 Å². The molecular weight excluding hydrogens is 717 g/mol. The molecule has 1 aromatic carbocycles. The first-order chi connectivity index (χ1) is 20.8. The molecule has 46 heavy (non-hydrogen) atoms. The van der Waals surface area contributed by atoms with E-state index >= 15 is 0 Å². The van der Waals surface area contributed by atoms with Crippen LogP contribution in [0.15, 0.2) is 24.3 Å². The van der Waals surface area contributed by atoms with Gasteiger partial charge in [-0.05, 0) is 37.7 Å². The zero-order valence-electron chi connectivity index (χ0n) is 24.8. The van der Waals surface area contributed by atoms with Crippen molar-refractivity contribution < 1.29 is 71.5 Å². The van der Waals surface area contributed by atoms with E-state index in [2.05, 4.69) is 21.1 Å². The third-order valence-corrected chi connectivity index (χ3v) is 9.65. The van der Waals surface area contributed by atoms with Gasteiger partial charge in [-0.1, -0.05) is 23.9 Å². The number of alkyl halides is 6. The van der Waals surface area contributed by atoms with Crippen molar-refractivity contribution in [2.45, 2.75) is 42.5 Å². The number of thioether (sulfide) groups is 1. The van der Waals surface area contributed by atoms with Gasteiger partial charge in [0, 0.05) is 24.6 Å². The van der Waals surface area contributed by atoms with Gasteiger partial charge >= 0.3 is 17.0 Å². The second-order valence-electron chi connectivity index (χ2n) is 10.2. The molecular formula is C24H31F6N3O9S4. The molecule has 1 aliphatic rings. The Kier molecular flexibility index (Phi) is 14.9. The highest BCUT2D eigenvalue weighted by molar-refractivity contribution is 8.23. The van der Waals surface area contributed by atoms with Gasteiger partial charge in [0.1, 0.15) is 0 Å². The van der Waals surface area contributed by atoms with Gasteiger partial charge in [0.05, 0.1) is 52.0 Å². The van der Waals surface area contributed by atoms with E-state index in [0.717, 1.165) is 21.6 Å². The van der Waals surface area contributed by atoms with Crippen LogP contribution in [0.25, 0.3) is 4.13 Å². The molecule has 0 aliphatic carbocycles. The van der Waals surface area contributed by atoms with E-state index in [1.165, 1.54) is 16.7 Å². The summed E-state index contributed by atoms with van der Waals surface area (Å²) in [4.78, 5) is 38.8. The number of benzene rings is 1. The van der Waals surface area contributed by atoms with Crippen LogP contribution in [0, 0.1) is 0 Å². The fourth-order valence-corrected chi connectivity index (χ4v) is 6.53. The number of imide groups is 1. The summed E-state index contributed by atoms with van der Waals surface area (Å²) in [5.41, 5.74) is -11.6. The third kappa shape index (κ3) is 12.9. The number of esters is 1. The molecule has 1 aliphatic heterocycles. The van der Waals surface area contributed by atoms with Crippen LogP contribution < -0.4 is 0 Å². The van der Waals surface area contributed by atoms with E-state index in [1.807, 2.05) is 6.92 Å². The topological polar surface area (TPSA) is 155 Å². The molecule has 0 N–H and O–H groups in total. The Balaban J connectivity index is 0.000000595. The van der Waals surface area contributed by atoms with Crippen molar-refractivity contribution in [3.8, 4) is 0 Å². The number of hydrogen-bond donors (Lipinski definition) is 0. The Hall–Kier alpha value is -2.53. The quantitative estimate of drug-likeness (QED) is 0.0713. The minimum Gasteiger partial charge on any atom is -0.479 e. The Morgan fingerprint density at radius 3 is 1.85 bits per heavy atom. The first-order valence-corrected chi connectivity index (χ1v) is 17.1. The Labute approximate surface area is 271 Å². The maximum atomic E-state index is 12.7. The maximum Gasteiger partial charge on any atom is 0.480 e. The first-order valence-electron chi connectivity index (χ1n) is 12.9. The maximum absolute atomic E-state index is 12.7. The lowest BCUT2D eigenvalue weighted by molar-refractivity contribution is -0.870. The van der Waals surface area contributed by atoms with Gasteiger partial charge in [-0.2, -0.15) is 26.3 Å². The molecule has 2 amide bonds. The highest BCUT2D eigenvalue weighted by atomic mass is 32.3. The number of ether oxygens (including phenoxy) is 2. The minimum absolute atomic E-state index is 0.152. The number of hydrogen-bond acceptors (Lipinski definition) is 11. The fourth-order valence-electron chi connectivity index (χ4n) is 3.37. The number of thiocarbonyl (C=S) groups is 1. The van der Waals surface area contributed by atoms with Crippen LogP contribution in [0.1, 0.15) is 46.9 Å². The van der Waals surface area contributed by atoms with Crippen LogP contribution in [0.4, 0.5) is 26.3 Å². The minimum atomic E-state index is -6.72. The molecule has 1 heterocycles. The Bertz CT molecular complexity index is 1400. The van der Waals surface area contributed by atoms with E-state index in [-0.39, 0.29) is 36.0 Å². The molecule has 22 heteroatoms. The molecule has 1 aromatic rings. The number of amides is 2. The zero-order valence-corrected chi connectivity index (χ0v) is 28.0. The van der Waals surface area contributed by atoms with Gasteiger partial charge < -0.3 is 18.1 Å². The molecule has 262 valence electrons. The molecule has 2 rings (SSSR count). The summed E-state index contributed by atoms with van der Waals surface area (Å²) >= 11 is 6.50.